The fourth-order valence-corrected chi connectivity index (χ4v) is 1.57. The van der Waals surface area contributed by atoms with E-state index < -0.39 is 4.92 Å². The van der Waals surface area contributed by atoms with Gasteiger partial charge in [0, 0.05) is 14.1 Å². The number of anilines is 1. The molecule has 1 N–H and O–H groups in total. The zero-order valence-electron chi connectivity index (χ0n) is 10.1. The van der Waals surface area contributed by atoms with Crippen molar-refractivity contribution in [3.63, 3.8) is 0 Å². The minimum absolute atomic E-state index is 0.0149. The maximum atomic E-state index is 11.2. The molecule has 0 aliphatic carbocycles. The molecule has 0 saturated heterocycles. The molecule has 1 aromatic rings. The Balaban J connectivity index is 3.21. The summed E-state index contributed by atoms with van der Waals surface area (Å²) < 4.78 is 0. The molecule has 98 valence electrons. The number of hydrogen-bond donors (Lipinski definition) is 1. The fourth-order valence-electron chi connectivity index (χ4n) is 1.37. The standard InChI is InChI=1S/C9H12ClN5O3/c1-5-7(15(17)18)8(13-9(10)12-5)14(3)4-6(16)11-2/h4H2,1-3H3,(H,11,16). The number of nitrogens with zero attached hydrogens (tertiary/aromatic N) is 4. The van der Waals surface area contributed by atoms with E-state index in [1.165, 1.54) is 25.9 Å². The molecule has 0 aliphatic rings. The second-order valence-electron chi connectivity index (χ2n) is 3.54. The lowest BCUT2D eigenvalue weighted by Crippen LogP contribution is -2.34. The van der Waals surface area contributed by atoms with Gasteiger partial charge in [-0.1, -0.05) is 0 Å². The minimum atomic E-state index is -0.596. The maximum Gasteiger partial charge on any atom is 0.332 e. The number of nitrogens with one attached hydrogen (secondary N) is 1. The van der Waals surface area contributed by atoms with Gasteiger partial charge in [0.05, 0.1) is 11.5 Å². The van der Waals surface area contributed by atoms with Crippen LogP contribution in [0.15, 0.2) is 0 Å². The van der Waals surface area contributed by atoms with E-state index in [0.29, 0.717) is 0 Å². The van der Waals surface area contributed by atoms with Crippen LogP contribution >= 0.6 is 11.6 Å². The summed E-state index contributed by atoms with van der Waals surface area (Å²) in [6.07, 6.45) is 0. The van der Waals surface area contributed by atoms with E-state index in [4.69, 9.17) is 11.6 Å². The van der Waals surface area contributed by atoms with Crippen LogP contribution in [0.4, 0.5) is 11.5 Å². The number of rotatable bonds is 4. The Labute approximate surface area is 108 Å². The predicted molar refractivity (Wildman–Crippen MR) is 65.8 cm³/mol. The molecule has 1 rings (SSSR count). The molecule has 1 heterocycles. The Morgan fingerprint density at radius 2 is 2.17 bits per heavy atom. The first-order chi connectivity index (χ1) is 8.36. The average molecular weight is 274 g/mol. The molecule has 0 spiro atoms. The van der Waals surface area contributed by atoms with E-state index in [-0.39, 0.29) is 34.9 Å². The zero-order valence-corrected chi connectivity index (χ0v) is 10.9. The largest absolute Gasteiger partial charge is 0.358 e. The fraction of sp³-hybridized carbons (Fsp3) is 0.444. The number of nitro groups is 1. The van der Waals surface area contributed by atoms with Gasteiger partial charge in [-0.15, -0.1) is 0 Å². The number of aromatic nitrogens is 2. The molecule has 0 saturated carbocycles. The van der Waals surface area contributed by atoms with Crippen LogP contribution in [0.3, 0.4) is 0 Å². The first-order valence-corrected chi connectivity index (χ1v) is 5.34. The minimum Gasteiger partial charge on any atom is -0.358 e. The van der Waals surface area contributed by atoms with Gasteiger partial charge in [-0.05, 0) is 18.5 Å². The highest BCUT2D eigenvalue weighted by molar-refractivity contribution is 6.28. The van der Waals surface area contributed by atoms with Crippen LogP contribution < -0.4 is 10.2 Å². The third-order valence-electron chi connectivity index (χ3n) is 2.22. The molecule has 1 amide bonds. The van der Waals surface area contributed by atoms with Crippen LogP contribution in [0.5, 0.6) is 0 Å². The molecule has 0 aromatic carbocycles. The molecule has 0 unspecified atom stereocenters. The monoisotopic (exact) mass is 273 g/mol. The van der Waals surface area contributed by atoms with Crippen molar-refractivity contribution < 1.29 is 9.72 Å². The number of aryl methyl sites for hydroxylation is 1. The molecule has 1 aromatic heterocycles. The third-order valence-corrected chi connectivity index (χ3v) is 2.39. The van der Waals surface area contributed by atoms with Gasteiger partial charge in [0.2, 0.25) is 17.0 Å². The van der Waals surface area contributed by atoms with E-state index in [0.717, 1.165) is 0 Å². The Hall–Kier alpha value is -1.96. The zero-order chi connectivity index (χ0) is 13.9. The molecule has 8 nitrogen and oxygen atoms in total. The Morgan fingerprint density at radius 3 is 2.67 bits per heavy atom. The Bertz CT molecular complexity index is 493. The van der Waals surface area contributed by atoms with Crippen LogP contribution in [0.2, 0.25) is 5.28 Å². The summed E-state index contributed by atoms with van der Waals surface area (Å²) in [6, 6.07) is 0. The van der Waals surface area contributed by atoms with Gasteiger partial charge >= 0.3 is 5.69 Å². The van der Waals surface area contributed by atoms with Crippen LogP contribution in [-0.2, 0) is 4.79 Å². The Morgan fingerprint density at radius 1 is 1.56 bits per heavy atom. The van der Waals surface area contributed by atoms with E-state index in [9.17, 15) is 14.9 Å². The quantitative estimate of drug-likeness (QED) is 0.488. The van der Waals surface area contributed by atoms with E-state index in [1.807, 2.05) is 0 Å². The summed E-state index contributed by atoms with van der Waals surface area (Å²) in [5, 5.41) is 13.3. The molecule has 0 atom stereocenters. The van der Waals surface area contributed by atoms with E-state index in [1.54, 1.807) is 0 Å². The maximum absolute atomic E-state index is 11.2. The van der Waals surface area contributed by atoms with Crippen molar-refractivity contribution in [1.29, 1.82) is 0 Å². The van der Waals surface area contributed by atoms with Gasteiger partial charge < -0.3 is 10.2 Å². The lowest BCUT2D eigenvalue weighted by Gasteiger charge is -2.17. The van der Waals surface area contributed by atoms with Gasteiger partial charge in [0.1, 0.15) is 5.69 Å². The molecule has 18 heavy (non-hydrogen) atoms. The summed E-state index contributed by atoms with van der Waals surface area (Å²) in [5.74, 6) is -0.278. The summed E-state index contributed by atoms with van der Waals surface area (Å²) in [4.78, 5) is 30.5. The molecule has 0 bridgehead atoms. The van der Waals surface area contributed by atoms with Crippen molar-refractivity contribution in [2.24, 2.45) is 0 Å². The summed E-state index contributed by atoms with van der Waals surface area (Å²) >= 11 is 5.67. The van der Waals surface area contributed by atoms with Crippen LogP contribution in [0.25, 0.3) is 0 Å². The third kappa shape index (κ3) is 3.04. The van der Waals surface area contributed by atoms with Gasteiger partial charge in [0.25, 0.3) is 0 Å². The molecule has 0 fully saturated rings. The molecule has 0 radical (unpaired) electrons. The normalized spacial score (nSPS) is 10.0. The van der Waals surface area contributed by atoms with Gasteiger partial charge in [0.15, 0.2) is 0 Å². The van der Waals surface area contributed by atoms with Crippen molar-refractivity contribution in [3.8, 4) is 0 Å². The average Bonchev–Trinajstić information content (AvgIpc) is 2.26. The van der Waals surface area contributed by atoms with Crippen molar-refractivity contribution >= 4 is 29.0 Å². The Kier molecular flexibility index (Phi) is 4.38. The number of likely N-dealkylation sites (N-methyl/N-ethyl adjacent to an activating group) is 2. The van der Waals surface area contributed by atoms with Crippen molar-refractivity contribution in [2.45, 2.75) is 6.92 Å². The van der Waals surface area contributed by atoms with Gasteiger partial charge in [-0.2, -0.15) is 4.98 Å². The number of carbonyl (C=O) groups is 1. The van der Waals surface area contributed by atoms with Crippen LogP contribution in [0.1, 0.15) is 5.69 Å². The highest BCUT2D eigenvalue weighted by atomic mass is 35.5. The number of amides is 1. The molecular weight excluding hydrogens is 262 g/mol. The first-order valence-electron chi connectivity index (χ1n) is 4.97. The smallest absolute Gasteiger partial charge is 0.332 e. The lowest BCUT2D eigenvalue weighted by molar-refractivity contribution is -0.385. The van der Waals surface area contributed by atoms with Gasteiger partial charge in [-0.3, -0.25) is 14.9 Å². The lowest BCUT2D eigenvalue weighted by atomic mass is 10.3. The molecule has 9 heteroatoms. The highest BCUT2D eigenvalue weighted by Crippen LogP contribution is 2.28. The van der Waals surface area contributed by atoms with Gasteiger partial charge in [-0.25, -0.2) is 4.98 Å². The second-order valence-corrected chi connectivity index (χ2v) is 3.87. The highest BCUT2D eigenvalue weighted by Gasteiger charge is 2.25. The topological polar surface area (TPSA) is 101 Å². The van der Waals surface area contributed by atoms with Crippen molar-refractivity contribution in [1.82, 2.24) is 15.3 Å². The summed E-state index contributed by atoms with van der Waals surface area (Å²) in [6.45, 7) is 1.40. The summed E-state index contributed by atoms with van der Waals surface area (Å²) in [7, 11) is 2.99. The van der Waals surface area contributed by atoms with Crippen LogP contribution in [0, 0.1) is 17.0 Å². The first kappa shape index (κ1) is 14.1. The van der Waals surface area contributed by atoms with Crippen molar-refractivity contribution in [3.05, 3.63) is 21.1 Å². The molecular formula is C9H12ClN5O3. The SMILES string of the molecule is CNC(=O)CN(C)c1nc(Cl)nc(C)c1[N+](=O)[O-]. The van der Waals surface area contributed by atoms with Crippen molar-refractivity contribution in [2.75, 3.05) is 25.5 Å². The molecule has 0 aliphatic heterocycles. The number of halogens is 1. The summed E-state index contributed by atoms with van der Waals surface area (Å²) in [5.41, 5.74) is -0.107. The second kappa shape index (κ2) is 5.58. The van der Waals surface area contributed by atoms with E-state index in [2.05, 4.69) is 15.3 Å². The predicted octanol–water partition coefficient (Wildman–Crippen LogP) is 0.529. The van der Waals surface area contributed by atoms with E-state index >= 15 is 0 Å². The number of hydrogen-bond acceptors (Lipinski definition) is 6. The van der Waals surface area contributed by atoms with Crippen LogP contribution in [-0.4, -0.2) is 41.4 Å². The number of carbonyl (C=O) groups excluding carboxylic acids is 1.